The summed E-state index contributed by atoms with van der Waals surface area (Å²) >= 11 is 5.75. The van der Waals surface area contributed by atoms with Gasteiger partial charge in [0.25, 0.3) is 0 Å². The van der Waals surface area contributed by atoms with Crippen LogP contribution in [0.4, 0.5) is 5.95 Å². The van der Waals surface area contributed by atoms with Crippen LogP contribution in [0.5, 0.6) is 0 Å². The van der Waals surface area contributed by atoms with E-state index in [1.54, 1.807) is 12.4 Å². The molecule has 3 heterocycles. The number of piperazine rings is 1. The van der Waals surface area contributed by atoms with Gasteiger partial charge in [-0.05, 0) is 49.3 Å². The maximum Gasteiger partial charge on any atom is 0.225 e. The van der Waals surface area contributed by atoms with Gasteiger partial charge < -0.3 is 9.47 Å². The van der Waals surface area contributed by atoms with E-state index in [-0.39, 0.29) is 0 Å². The number of aryl methyl sites for hydroxylation is 2. The van der Waals surface area contributed by atoms with Crippen LogP contribution < -0.4 is 4.90 Å². The van der Waals surface area contributed by atoms with E-state index in [9.17, 15) is 0 Å². The van der Waals surface area contributed by atoms with Crippen LogP contribution in [-0.2, 0) is 6.67 Å². The van der Waals surface area contributed by atoms with Crippen LogP contribution in [0, 0.1) is 18.6 Å². The molecule has 0 N–H and O–H groups in total. The van der Waals surface area contributed by atoms with Gasteiger partial charge in [0.1, 0.15) is 0 Å². The zero-order valence-electron chi connectivity index (χ0n) is 15.7. The molecule has 6 nitrogen and oxygen atoms in total. The van der Waals surface area contributed by atoms with E-state index in [1.807, 2.05) is 6.07 Å². The fraction of sp³-hybridized carbons (Fsp3) is 0.350. The second kappa shape index (κ2) is 7.62. The number of imidazole rings is 1. The third-order valence-electron chi connectivity index (χ3n) is 5.03. The average molecular weight is 381 g/mol. The molecular formula is C20H24N6S. The maximum atomic E-state index is 5.75. The molecule has 0 radical (unpaired) electrons. The molecule has 7 heteroatoms. The van der Waals surface area contributed by atoms with Crippen molar-refractivity contribution in [3.8, 4) is 5.69 Å². The van der Waals surface area contributed by atoms with Gasteiger partial charge in [-0.25, -0.2) is 9.97 Å². The van der Waals surface area contributed by atoms with E-state index in [2.05, 4.69) is 73.3 Å². The Morgan fingerprint density at radius 2 is 1.74 bits per heavy atom. The van der Waals surface area contributed by atoms with Crippen LogP contribution in [0.3, 0.4) is 0 Å². The molecule has 0 unspecified atom stereocenters. The van der Waals surface area contributed by atoms with Crippen molar-refractivity contribution in [1.82, 2.24) is 24.0 Å². The SMILES string of the molecule is Cc1ccc(C)c(-n2ccn(CN3CCN(c4ncccn4)CC3)c2=S)c1. The number of hydrogen-bond acceptors (Lipinski definition) is 5. The molecule has 0 amide bonds. The van der Waals surface area contributed by atoms with Crippen molar-refractivity contribution in [1.29, 1.82) is 0 Å². The molecule has 0 spiro atoms. The van der Waals surface area contributed by atoms with Gasteiger partial charge >= 0.3 is 0 Å². The Labute approximate surface area is 164 Å². The van der Waals surface area contributed by atoms with Gasteiger partial charge in [0.05, 0.1) is 12.4 Å². The van der Waals surface area contributed by atoms with E-state index in [0.717, 1.165) is 49.3 Å². The lowest BCUT2D eigenvalue weighted by molar-refractivity contribution is 0.204. The molecule has 1 saturated heterocycles. The van der Waals surface area contributed by atoms with Crippen LogP contribution >= 0.6 is 12.2 Å². The molecule has 140 valence electrons. The lowest BCUT2D eigenvalue weighted by Gasteiger charge is -2.34. The predicted octanol–water partition coefficient (Wildman–Crippen LogP) is 3.19. The lowest BCUT2D eigenvalue weighted by atomic mass is 10.1. The lowest BCUT2D eigenvalue weighted by Crippen LogP contribution is -2.47. The molecule has 1 aliphatic heterocycles. The summed E-state index contributed by atoms with van der Waals surface area (Å²) in [5, 5.41) is 0. The molecule has 0 bridgehead atoms. The first-order chi connectivity index (χ1) is 13.1. The van der Waals surface area contributed by atoms with Crippen molar-refractivity contribution in [2.24, 2.45) is 0 Å². The first-order valence-corrected chi connectivity index (χ1v) is 9.62. The van der Waals surface area contributed by atoms with Crippen molar-refractivity contribution < 1.29 is 0 Å². The second-order valence-electron chi connectivity index (χ2n) is 7.01. The highest BCUT2D eigenvalue weighted by molar-refractivity contribution is 7.71. The largest absolute Gasteiger partial charge is 0.338 e. The molecular weight excluding hydrogens is 356 g/mol. The highest BCUT2D eigenvalue weighted by Gasteiger charge is 2.19. The highest BCUT2D eigenvalue weighted by atomic mass is 32.1. The fourth-order valence-corrected chi connectivity index (χ4v) is 3.72. The Bertz CT molecular complexity index is 970. The monoisotopic (exact) mass is 380 g/mol. The summed E-state index contributed by atoms with van der Waals surface area (Å²) in [5.74, 6) is 0.815. The summed E-state index contributed by atoms with van der Waals surface area (Å²) in [6.07, 6.45) is 7.74. The quantitative estimate of drug-likeness (QED) is 0.650. The number of nitrogens with zero attached hydrogens (tertiary/aromatic N) is 6. The zero-order valence-corrected chi connectivity index (χ0v) is 16.6. The topological polar surface area (TPSA) is 42.1 Å². The Morgan fingerprint density at radius 1 is 1.00 bits per heavy atom. The Morgan fingerprint density at radius 3 is 2.48 bits per heavy atom. The number of aromatic nitrogens is 4. The van der Waals surface area contributed by atoms with E-state index in [1.165, 1.54) is 11.1 Å². The molecule has 1 fully saturated rings. The zero-order chi connectivity index (χ0) is 18.8. The van der Waals surface area contributed by atoms with E-state index in [4.69, 9.17) is 12.2 Å². The number of anilines is 1. The van der Waals surface area contributed by atoms with Gasteiger partial charge in [0.2, 0.25) is 5.95 Å². The van der Waals surface area contributed by atoms with Crippen molar-refractivity contribution in [3.63, 3.8) is 0 Å². The highest BCUT2D eigenvalue weighted by Crippen LogP contribution is 2.18. The van der Waals surface area contributed by atoms with Crippen LogP contribution in [0.25, 0.3) is 5.69 Å². The summed E-state index contributed by atoms with van der Waals surface area (Å²) in [6.45, 7) is 8.83. The summed E-state index contributed by atoms with van der Waals surface area (Å²) in [7, 11) is 0. The standard InChI is InChI=1S/C20H24N6S/c1-16-4-5-17(2)18(14-16)26-13-12-25(20(26)27)15-23-8-10-24(11-9-23)19-21-6-3-7-22-19/h3-7,12-14H,8-11,15H2,1-2H3. The smallest absolute Gasteiger partial charge is 0.225 e. The molecule has 2 aromatic heterocycles. The van der Waals surface area contributed by atoms with Gasteiger partial charge in [-0.15, -0.1) is 0 Å². The van der Waals surface area contributed by atoms with Gasteiger partial charge in [-0.1, -0.05) is 12.1 Å². The third-order valence-corrected chi connectivity index (χ3v) is 5.46. The molecule has 1 aromatic carbocycles. The summed E-state index contributed by atoms with van der Waals surface area (Å²) < 4.78 is 5.08. The van der Waals surface area contributed by atoms with Gasteiger partial charge in [0.15, 0.2) is 4.77 Å². The Hall–Kier alpha value is -2.51. The van der Waals surface area contributed by atoms with Gasteiger partial charge in [0, 0.05) is 51.0 Å². The molecule has 0 saturated carbocycles. The summed E-state index contributed by atoms with van der Waals surface area (Å²) in [4.78, 5) is 13.4. The van der Waals surface area contributed by atoms with Crippen molar-refractivity contribution in [2.75, 3.05) is 31.1 Å². The van der Waals surface area contributed by atoms with Gasteiger partial charge in [-0.3, -0.25) is 9.47 Å². The van der Waals surface area contributed by atoms with E-state index in [0.29, 0.717) is 0 Å². The van der Waals surface area contributed by atoms with Crippen LogP contribution in [-0.4, -0.2) is 50.2 Å². The molecule has 3 aromatic rings. The van der Waals surface area contributed by atoms with Crippen molar-refractivity contribution in [3.05, 3.63) is 65.0 Å². The molecule has 1 aliphatic rings. The Balaban J connectivity index is 1.45. The Kier molecular flexibility index (Phi) is 5.05. The molecule has 27 heavy (non-hydrogen) atoms. The maximum absolute atomic E-state index is 5.75. The number of hydrogen-bond donors (Lipinski definition) is 0. The summed E-state index contributed by atoms with van der Waals surface area (Å²) in [5.41, 5.74) is 3.63. The number of benzene rings is 1. The molecule has 0 aliphatic carbocycles. The third kappa shape index (κ3) is 3.79. The van der Waals surface area contributed by atoms with Crippen LogP contribution in [0.15, 0.2) is 49.1 Å². The second-order valence-corrected chi connectivity index (χ2v) is 7.37. The normalized spacial score (nSPS) is 15.3. The predicted molar refractivity (Wildman–Crippen MR) is 110 cm³/mol. The minimum absolute atomic E-state index is 0.806. The minimum atomic E-state index is 0.806. The van der Waals surface area contributed by atoms with E-state index < -0.39 is 0 Å². The molecule has 4 rings (SSSR count). The number of rotatable bonds is 4. The van der Waals surface area contributed by atoms with Crippen molar-refractivity contribution in [2.45, 2.75) is 20.5 Å². The minimum Gasteiger partial charge on any atom is -0.338 e. The first-order valence-electron chi connectivity index (χ1n) is 9.21. The van der Waals surface area contributed by atoms with E-state index >= 15 is 0 Å². The summed E-state index contributed by atoms with van der Waals surface area (Å²) in [6, 6.07) is 8.32. The van der Waals surface area contributed by atoms with Crippen LogP contribution in [0.1, 0.15) is 11.1 Å². The first kappa shape index (κ1) is 17.9. The fourth-order valence-electron chi connectivity index (χ4n) is 3.44. The van der Waals surface area contributed by atoms with Crippen molar-refractivity contribution >= 4 is 18.2 Å². The van der Waals surface area contributed by atoms with Gasteiger partial charge in [-0.2, -0.15) is 0 Å². The average Bonchev–Trinajstić information content (AvgIpc) is 3.05. The van der Waals surface area contributed by atoms with Crippen LogP contribution in [0.2, 0.25) is 0 Å². The molecule has 0 atom stereocenters.